The van der Waals surface area contributed by atoms with Gasteiger partial charge in [-0.25, -0.2) is 8.78 Å². The molecule has 0 saturated carbocycles. The molecule has 1 aromatic heterocycles. The number of rotatable bonds is 5. The number of Topliss-reactive ketones (excluding diaryl/α,β-unsaturated/α-hetero) is 1. The minimum atomic E-state index is -0.989. The van der Waals surface area contributed by atoms with E-state index in [0.717, 1.165) is 12.1 Å². The van der Waals surface area contributed by atoms with Gasteiger partial charge in [-0.2, -0.15) is 0 Å². The van der Waals surface area contributed by atoms with E-state index in [1.165, 1.54) is 12.3 Å². The highest BCUT2D eigenvalue weighted by Gasteiger charge is 2.30. The number of furan rings is 1. The van der Waals surface area contributed by atoms with E-state index in [1.54, 1.807) is 17.0 Å². The maximum absolute atomic E-state index is 13.3. The van der Waals surface area contributed by atoms with Gasteiger partial charge in [0.05, 0.1) is 31.9 Å². The Balaban J connectivity index is 1.68. The molecule has 0 radical (unpaired) electrons. The van der Waals surface area contributed by atoms with Gasteiger partial charge in [0, 0.05) is 13.0 Å². The van der Waals surface area contributed by atoms with Crippen LogP contribution in [0.15, 0.2) is 41.0 Å². The van der Waals surface area contributed by atoms with Crippen molar-refractivity contribution in [1.82, 2.24) is 4.90 Å². The van der Waals surface area contributed by atoms with E-state index >= 15 is 0 Å². The van der Waals surface area contributed by atoms with Crippen molar-refractivity contribution in [2.75, 3.05) is 19.8 Å². The molecule has 0 aliphatic carbocycles. The number of benzene rings is 1. The van der Waals surface area contributed by atoms with E-state index in [4.69, 9.17) is 9.15 Å². The number of amides is 1. The number of ketones is 1. The summed E-state index contributed by atoms with van der Waals surface area (Å²) in [6, 6.07) is 6.16. The summed E-state index contributed by atoms with van der Waals surface area (Å²) in [5.74, 6) is -2.18. The second-order valence-corrected chi connectivity index (χ2v) is 5.85. The SMILES string of the molecule is O=C(C[C@H]1COCCN1C(=O)Cc1ccc(F)c(F)c1)c1ccco1. The number of halogens is 2. The lowest BCUT2D eigenvalue weighted by Gasteiger charge is -2.35. The van der Waals surface area contributed by atoms with Gasteiger partial charge in [-0.3, -0.25) is 9.59 Å². The summed E-state index contributed by atoms with van der Waals surface area (Å²) in [5.41, 5.74) is 0.381. The van der Waals surface area contributed by atoms with E-state index in [1.807, 2.05) is 0 Å². The third kappa shape index (κ3) is 4.11. The molecule has 2 heterocycles. The molecule has 5 nitrogen and oxygen atoms in total. The molecule has 0 bridgehead atoms. The van der Waals surface area contributed by atoms with E-state index in [2.05, 4.69) is 0 Å². The van der Waals surface area contributed by atoms with E-state index in [0.29, 0.717) is 18.7 Å². The molecule has 25 heavy (non-hydrogen) atoms. The predicted molar refractivity (Wildman–Crippen MR) is 84.0 cm³/mol. The number of carbonyl (C=O) groups excluding carboxylic acids is 2. The molecule has 1 aromatic carbocycles. The van der Waals surface area contributed by atoms with Crippen LogP contribution in [0.3, 0.4) is 0 Å². The first-order chi connectivity index (χ1) is 12.0. The van der Waals surface area contributed by atoms with Crippen LogP contribution in [0.2, 0.25) is 0 Å². The molecule has 1 aliphatic rings. The number of hydrogen-bond acceptors (Lipinski definition) is 4. The Hall–Kier alpha value is -2.54. The third-order valence-corrected chi connectivity index (χ3v) is 4.10. The van der Waals surface area contributed by atoms with Gasteiger partial charge in [-0.15, -0.1) is 0 Å². The standard InChI is InChI=1S/C18H17F2NO4/c19-14-4-3-12(8-15(14)20)9-18(23)21-5-7-24-11-13(21)10-16(22)17-2-1-6-25-17/h1-4,6,8,13H,5,7,9-11H2/t13-/m0/s1. The maximum Gasteiger partial charge on any atom is 0.227 e. The summed E-state index contributed by atoms with van der Waals surface area (Å²) in [6.07, 6.45) is 1.43. The van der Waals surface area contributed by atoms with Gasteiger partial charge in [-0.05, 0) is 29.8 Å². The zero-order valence-corrected chi connectivity index (χ0v) is 13.4. The van der Waals surface area contributed by atoms with Gasteiger partial charge in [0.15, 0.2) is 23.2 Å². The maximum atomic E-state index is 13.3. The Kier molecular flexibility index (Phi) is 5.23. The molecule has 1 amide bonds. The monoisotopic (exact) mass is 349 g/mol. The topological polar surface area (TPSA) is 59.8 Å². The largest absolute Gasteiger partial charge is 0.461 e. The number of carbonyl (C=O) groups is 2. The van der Waals surface area contributed by atoms with Crippen molar-refractivity contribution in [2.45, 2.75) is 18.9 Å². The van der Waals surface area contributed by atoms with Gasteiger partial charge in [0.2, 0.25) is 5.91 Å². The summed E-state index contributed by atoms with van der Waals surface area (Å²) >= 11 is 0. The average Bonchev–Trinajstić information content (AvgIpc) is 3.13. The van der Waals surface area contributed by atoms with Crippen LogP contribution < -0.4 is 0 Å². The summed E-state index contributed by atoms with van der Waals surface area (Å²) < 4.78 is 36.8. The predicted octanol–water partition coefficient (Wildman–Crippen LogP) is 2.60. The van der Waals surface area contributed by atoms with Crippen LogP contribution in [0, 0.1) is 11.6 Å². The molecule has 0 unspecified atom stereocenters. The van der Waals surface area contributed by atoms with Gasteiger partial charge in [-0.1, -0.05) is 6.07 Å². The van der Waals surface area contributed by atoms with Crippen LogP contribution in [-0.4, -0.2) is 42.4 Å². The fraction of sp³-hybridized carbons (Fsp3) is 0.333. The first-order valence-electron chi connectivity index (χ1n) is 7.92. The first kappa shape index (κ1) is 17.3. The molecule has 0 N–H and O–H groups in total. The van der Waals surface area contributed by atoms with Crippen LogP contribution in [0.1, 0.15) is 22.5 Å². The molecular weight excluding hydrogens is 332 g/mol. The highest BCUT2D eigenvalue weighted by molar-refractivity contribution is 5.94. The van der Waals surface area contributed by atoms with Crippen molar-refractivity contribution in [1.29, 1.82) is 0 Å². The highest BCUT2D eigenvalue weighted by Crippen LogP contribution is 2.17. The van der Waals surface area contributed by atoms with Gasteiger partial charge in [0.1, 0.15) is 0 Å². The van der Waals surface area contributed by atoms with Crippen molar-refractivity contribution in [3.63, 3.8) is 0 Å². The number of nitrogens with zero attached hydrogens (tertiary/aromatic N) is 1. The normalized spacial score (nSPS) is 17.5. The lowest BCUT2D eigenvalue weighted by Crippen LogP contribution is -2.50. The smallest absolute Gasteiger partial charge is 0.227 e. The molecule has 1 aliphatic heterocycles. The van der Waals surface area contributed by atoms with E-state index < -0.39 is 17.7 Å². The van der Waals surface area contributed by atoms with Crippen molar-refractivity contribution in [3.05, 3.63) is 59.6 Å². The fourth-order valence-electron chi connectivity index (χ4n) is 2.83. The van der Waals surface area contributed by atoms with Crippen LogP contribution >= 0.6 is 0 Å². The number of ether oxygens (including phenoxy) is 1. The van der Waals surface area contributed by atoms with E-state index in [-0.39, 0.29) is 36.9 Å². The first-order valence-corrected chi connectivity index (χ1v) is 7.92. The molecule has 0 spiro atoms. The zero-order chi connectivity index (χ0) is 17.8. The number of hydrogen-bond donors (Lipinski definition) is 0. The van der Waals surface area contributed by atoms with Gasteiger partial charge < -0.3 is 14.1 Å². The van der Waals surface area contributed by atoms with Crippen LogP contribution in [0.4, 0.5) is 8.78 Å². The zero-order valence-electron chi connectivity index (χ0n) is 13.4. The molecule has 1 atom stereocenters. The summed E-state index contributed by atoms with van der Waals surface area (Å²) in [4.78, 5) is 26.3. The van der Waals surface area contributed by atoms with Crippen LogP contribution in [0.5, 0.6) is 0 Å². The minimum absolute atomic E-state index is 0.0668. The summed E-state index contributed by atoms with van der Waals surface area (Å²) in [5, 5.41) is 0. The Bertz CT molecular complexity index is 760. The Morgan fingerprint density at radius 3 is 2.76 bits per heavy atom. The van der Waals surface area contributed by atoms with Crippen molar-refractivity contribution in [3.8, 4) is 0 Å². The quantitative estimate of drug-likeness (QED) is 0.779. The second-order valence-electron chi connectivity index (χ2n) is 5.85. The second kappa shape index (κ2) is 7.57. The lowest BCUT2D eigenvalue weighted by molar-refractivity contribution is -0.138. The Morgan fingerprint density at radius 1 is 1.20 bits per heavy atom. The van der Waals surface area contributed by atoms with E-state index in [9.17, 15) is 18.4 Å². The van der Waals surface area contributed by atoms with Gasteiger partial charge in [0.25, 0.3) is 0 Å². The molecule has 7 heteroatoms. The number of morpholine rings is 1. The summed E-state index contributed by atoms with van der Waals surface area (Å²) in [7, 11) is 0. The Labute approximate surface area is 143 Å². The molecule has 132 valence electrons. The van der Waals surface area contributed by atoms with Crippen molar-refractivity contribution >= 4 is 11.7 Å². The van der Waals surface area contributed by atoms with Crippen LogP contribution in [-0.2, 0) is 16.0 Å². The highest BCUT2D eigenvalue weighted by atomic mass is 19.2. The molecule has 2 aromatic rings. The summed E-state index contributed by atoms with van der Waals surface area (Å²) in [6.45, 7) is 0.962. The average molecular weight is 349 g/mol. The van der Waals surface area contributed by atoms with Crippen molar-refractivity contribution in [2.24, 2.45) is 0 Å². The third-order valence-electron chi connectivity index (χ3n) is 4.10. The molecule has 1 saturated heterocycles. The van der Waals surface area contributed by atoms with Gasteiger partial charge >= 0.3 is 0 Å². The Morgan fingerprint density at radius 2 is 2.04 bits per heavy atom. The molecule has 3 rings (SSSR count). The van der Waals surface area contributed by atoms with Crippen LogP contribution in [0.25, 0.3) is 0 Å². The molecule has 1 fully saturated rings. The minimum Gasteiger partial charge on any atom is -0.461 e. The molecular formula is C18H17F2NO4. The lowest BCUT2D eigenvalue weighted by atomic mass is 10.0. The van der Waals surface area contributed by atoms with Crippen molar-refractivity contribution < 1.29 is 27.5 Å². The fourth-order valence-corrected chi connectivity index (χ4v) is 2.83.